The molecule has 2 fully saturated rings. The smallest absolute Gasteiger partial charge is 0.228 e. The van der Waals surface area contributed by atoms with E-state index in [1.165, 1.54) is 0 Å². The van der Waals surface area contributed by atoms with Gasteiger partial charge in [0, 0.05) is 30.0 Å². The summed E-state index contributed by atoms with van der Waals surface area (Å²) in [6.07, 6.45) is 2.15. The Labute approximate surface area is 169 Å². The highest BCUT2D eigenvalue weighted by Crippen LogP contribution is 2.28. The van der Waals surface area contributed by atoms with Gasteiger partial charge in [0.2, 0.25) is 5.91 Å². The van der Waals surface area contributed by atoms with Crippen molar-refractivity contribution in [1.29, 1.82) is 0 Å². The van der Waals surface area contributed by atoms with E-state index in [0.717, 1.165) is 47.9 Å². The van der Waals surface area contributed by atoms with Gasteiger partial charge in [-0.3, -0.25) is 4.79 Å². The zero-order valence-electron chi connectivity index (χ0n) is 16.1. The Balaban J connectivity index is 1.30. The number of thiazole rings is 1. The summed E-state index contributed by atoms with van der Waals surface area (Å²) < 4.78 is 16.7. The lowest BCUT2D eigenvalue weighted by Gasteiger charge is -2.33. The number of benzene rings is 1. The molecule has 150 valence electrons. The van der Waals surface area contributed by atoms with Gasteiger partial charge in [-0.05, 0) is 44.0 Å². The number of carbonyl (C=O) groups excluding carboxylic acids is 1. The zero-order valence-corrected chi connectivity index (χ0v) is 17.0. The summed E-state index contributed by atoms with van der Waals surface area (Å²) in [6.45, 7) is 5.53. The lowest BCUT2D eigenvalue weighted by Crippen LogP contribution is -2.42. The SMILES string of the molecule is CCOc1ccc(-c2nc(CC(=O)N3CCC(C4OCCO4)CC3)cs2)cc1. The van der Waals surface area contributed by atoms with E-state index < -0.39 is 0 Å². The number of piperidine rings is 1. The highest BCUT2D eigenvalue weighted by molar-refractivity contribution is 7.13. The maximum absolute atomic E-state index is 12.7. The predicted octanol–water partition coefficient (Wildman–Crippen LogP) is 3.36. The maximum atomic E-state index is 12.7. The molecule has 0 aliphatic carbocycles. The molecule has 0 atom stereocenters. The number of rotatable bonds is 6. The third-order valence-electron chi connectivity index (χ3n) is 5.22. The molecule has 0 spiro atoms. The Hall–Kier alpha value is -1.96. The standard InChI is InChI=1S/C21H26N2O4S/c1-2-25-18-5-3-15(4-6-18)20-22-17(14-28-20)13-19(24)23-9-7-16(8-10-23)21-26-11-12-27-21/h3-6,14,16,21H,2,7-13H2,1H3. The fraction of sp³-hybridized carbons (Fsp3) is 0.524. The summed E-state index contributed by atoms with van der Waals surface area (Å²) in [6, 6.07) is 7.92. The second-order valence-corrected chi connectivity index (χ2v) is 7.96. The fourth-order valence-corrected chi connectivity index (χ4v) is 4.54. The van der Waals surface area contributed by atoms with Gasteiger partial charge in [-0.1, -0.05) is 0 Å². The second kappa shape index (κ2) is 9.03. The molecule has 7 heteroatoms. The molecule has 2 aliphatic rings. The quantitative estimate of drug-likeness (QED) is 0.741. The first kappa shape index (κ1) is 19.4. The topological polar surface area (TPSA) is 60.9 Å². The van der Waals surface area contributed by atoms with Gasteiger partial charge in [-0.15, -0.1) is 11.3 Å². The van der Waals surface area contributed by atoms with Gasteiger partial charge in [0.25, 0.3) is 0 Å². The highest BCUT2D eigenvalue weighted by atomic mass is 32.1. The van der Waals surface area contributed by atoms with E-state index in [1.807, 2.05) is 41.5 Å². The molecule has 1 aromatic heterocycles. The Morgan fingerprint density at radius 2 is 1.93 bits per heavy atom. The molecule has 3 heterocycles. The molecule has 2 aromatic rings. The van der Waals surface area contributed by atoms with Crippen LogP contribution in [0.5, 0.6) is 5.75 Å². The second-order valence-electron chi connectivity index (χ2n) is 7.11. The molecule has 28 heavy (non-hydrogen) atoms. The summed E-state index contributed by atoms with van der Waals surface area (Å²) in [7, 11) is 0. The van der Waals surface area contributed by atoms with Crippen LogP contribution >= 0.6 is 11.3 Å². The summed E-state index contributed by atoms with van der Waals surface area (Å²) in [5, 5.41) is 2.91. The van der Waals surface area contributed by atoms with E-state index in [2.05, 4.69) is 4.98 Å². The molecule has 2 saturated heterocycles. The van der Waals surface area contributed by atoms with Crippen LogP contribution in [0.2, 0.25) is 0 Å². The van der Waals surface area contributed by atoms with Crippen LogP contribution < -0.4 is 4.74 Å². The Morgan fingerprint density at radius 3 is 2.61 bits per heavy atom. The average Bonchev–Trinajstić information content (AvgIpc) is 3.41. The highest BCUT2D eigenvalue weighted by Gasteiger charge is 2.31. The van der Waals surface area contributed by atoms with Crippen molar-refractivity contribution in [3.63, 3.8) is 0 Å². The third kappa shape index (κ3) is 4.54. The van der Waals surface area contributed by atoms with Crippen LogP contribution in [0.15, 0.2) is 29.6 Å². The van der Waals surface area contributed by atoms with Gasteiger partial charge in [0.15, 0.2) is 6.29 Å². The first-order valence-electron chi connectivity index (χ1n) is 9.91. The normalized spacial score (nSPS) is 18.5. The number of hydrogen-bond donors (Lipinski definition) is 0. The first-order chi connectivity index (χ1) is 13.7. The first-order valence-corrected chi connectivity index (χ1v) is 10.8. The van der Waals surface area contributed by atoms with E-state index in [4.69, 9.17) is 14.2 Å². The average molecular weight is 403 g/mol. The van der Waals surface area contributed by atoms with Gasteiger partial charge < -0.3 is 19.1 Å². The zero-order chi connectivity index (χ0) is 19.3. The maximum Gasteiger partial charge on any atom is 0.228 e. The number of carbonyl (C=O) groups is 1. The van der Waals surface area contributed by atoms with Crippen molar-refractivity contribution in [1.82, 2.24) is 9.88 Å². The van der Waals surface area contributed by atoms with Crippen LogP contribution in [0.1, 0.15) is 25.5 Å². The molecule has 4 rings (SSSR count). The van der Waals surface area contributed by atoms with Crippen LogP contribution in [0.3, 0.4) is 0 Å². The van der Waals surface area contributed by atoms with Gasteiger partial charge in [0.05, 0.1) is 31.9 Å². The van der Waals surface area contributed by atoms with Gasteiger partial charge in [-0.25, -0.2) is 4.98 Å². The Bertz CT molecular complexity index is 778. The van der Waals surface area contributed by atoms with E-state index in [1.54, 1.807) is 11.3 Å². The van der Waals surface area contributed by atoms with E-state index >= 15 is 0 Å². The van der Waals surface area contributed by atoms with Gasteiger partial charge >= 0.3 is 0 Å². The van der Waals surface area contributed by atoms with Crippen LogP contribution in [0, 0.1) is 5.92 Å². The number of nitrogens with zero attached hydrogens (tertiary/aromatic N) is 2. The largest absolute Gasteiger partial charge is 0.494 e. The van der Waals surface area contributed by atoms with Gasteiger partial charge in [0.1, 0.15) is 10.8 Å². The molecule has 1 amide bonds. The minimum atomic E-state index is -0.0764. The molecule has 0 N–H and O–H groups in total. The molecule has 0 saturated carbocycles. The van der Waals surface area contributed by atoms with E-state index in [0.29, 0.717) is 32.2 Å². The molecule has 2 aliphatic heterocycles. The summed E-state index contributed by atoms with van der Waals surface area (Å²) in [4.78, 5) is 19.3. The molecule has 0 unspecified atom stereocenters. The van der Waals surface area contributed by atoms with Crippen LogP contribution in [-0.2, 0) is 20.7 Å². The van der Waals surface area contributed by atoms with Crippen molar-refractivity contribution in [2.24, 2.45) is 5.92 Å². The number of ether oxygens (including phenoxy) is 3. The number of aromatic nitrogens is 1. The van der Waals surface area contributed by atoms with Crippen molar-refractivity contribution in [2.75, 3.05) is 32.9 Å². The molecular weight excluding hydrogens is 376 g/mol. The molecular formula is C21H26N2O4S. The minimum Gasteiger partial charge on any atom is -0.494 e. The third-order valence-corrected chi connectivity index (χ3v) is 6.16. The van der Waals surface area contributed by atoms with Crippen LogP contribution in [-0.4, -0.2) is 55.0 Å². The summed E-state index contributed by atoms with van der Waals surface area (Å²) in [5.41, 5.74) is 1.88. The fourth-order valence-electron chi connectivity index (χ4n) is 3.72. The number of amides is 1. The van der Waals surface area contributed by atoms with E-state index in [-0.39, 0.29) is 12.2 Å². The molecule has 6 nitrogen and oxygen atoms in total. The number of likely N-dealkylation sites (tertiary alicyclic amines) is 1. The van der Waals surface area contributed by atoms with Crippen LogP contribution in [0.25, 0.3) is 10.6 Å². The van der Waals surface area contributed by atoms with Crippen molar-refractivity contribution >= 4 is 17.2 Å². The molecule has 0 bridgehead atoms. The monoisotopic (exact) mass is 402 g/mol. The summed E-state index contributed by atoms with van der Waals surface area (Å²) in [5.74, 6) is 1.40. The lowest BCUT2D eigenvalue weighted by molar-refractivity contribution is -0.136. The predicted molar refractivity (Wildman–Crippen MR) is 107 cm³/mol. The van der Waals surface area contributed by atoms with E-state index in [9.17, 15) is 4.79 Å². The number of hydrogen-bond acceptors (Lipinski definition) is 6. The Kier molecular flexibility index (Phi) is 6.24. The minimum absolute atomic E-state index is 0.0764. The Morgan fingerprint density at radius 1 is 1.21 bits per heavy atom. The lowest BCUT2D eigenvalue weighted by atomic mass is 9.96. The van der Waals surface area contributed by atoms with Crippen LogP contribution in [0.4, 0.5) is 0 Å². The van der Waals surface area contributed by atoms with Crippen molar-refractivity contribution in [2.45, 2.75) is 32.5 Å². The van der Waals surface area contributed by atoms with Crippen molar-refractivity contribution < 1.29 is 19.0 Å². The van der Waals surface area contributed by atoms with Crippen molar-refractivity contribution in [3.05, 3.63) is 35.3 Å². The van der Waals surface area contributed by atoms with Gasteiger partial charge in [-0.2, -0.15) is 0 Å². The summed E-state index contributed by atoms with van der Waals surface area (Å²) >= 11 is 1.57. The van der Waals surface area contributed by atoms with Crippen molar-refractivity contribution in [3.8, 4) is 16.3 Å². The molecule has 1 aromatic carbocycles. The molecule has 0 radical (unpaired) electrons.